The number of esters is 1. The minimum atomic E-state index is -0.489. The van der Waals surface area contributed by atoms with E-state index in [1.165, 1.54) is 0 Å². The van der Waals surface area contributed by atoms with Crippen LogP contribution in [0.4, 0.5) is 5.69 Å². The van der Waals surface area contributed by atoms with Crippen molar-refractivity contribution in [3.8, 4) is 11.8 Å². The summed E-state index contributed by atoms with van der Waals surface area (Å²) in [5.74, 6) is 0.382. The SMILES string of the molecule is CCOc1ccccc1C1=NC(=Cc2ccc(N(C)CCC#N)cc2)C(=O)O1. The standard InChI is InChI=1S/C22H21N3O3/c1-3-27-20-8-5-4-7-18(20)21-24-19(22(26)28-21)15-16-9-11-17(12-10-16)25(2)14-6-13-23/h4-5,7-12,15H,3,6,14H2,1-2H3. The third-order valence-electron chi connectivity index (χ3n) is 4.23. The number of nitrogens with zero attached hydrogens (tertiary/aromatic N) is 3. The van der Waals surface area contributed by atoms with Gasteiger partial charge in [-0.15, -0.1) is 0 Å². The number of aliphatic imine (C=N–C) groups is 1. The van der Waals surface area contributed by atoms with Crippen LogP contribution in [0, 0.1) is 11.3 Å². The smallest absolute Gasteiger partial charge is 0.363 e. The summed E-state index contributed by atoms with van der Waals surface area (Å²) in [6.07, 6.45) is 2.16. The number of benzene rings is 2. The molecule has 1 aliphatic rings. The van der Waals surface area contributed by atoms with E-state index in [1.54, 1.807) is 6.08 Å². The number of anilines is 1. The Kier molecular flexibility index (Phi) is 6.07. The molecule has 0 N–H and O–H groups in total. The van der Waals surface area contributed by atoms with Gasteiger partial charge in [-0.1, -0.05) is 24.3 Å². The van der Waals surface area contributed by atoms with Crippen molar-refractivity contribution >= 4 is 23.6 Å². The number of nitriles is 1. The van der Waals surface area contributed by atoms with Gasteiger partial charge in [0.25, 0.3) is 0 Å². The largest absolute Gasteiger partial charge is 0.493 e. The normalized spacial score (nSPS) is 14.4. The minimum absolute atomic E-state index is 0.242. The Balaban J connectivity index is 1.81. The van der Waals surface area contributed by atoms with Gasteiger partial charge in [0, 0.05) is 19.3 Å². The summed E-state index contributed by atoms with van der Waals surface area (Å²) in [4.78, 5) is 18.6. The van der Waals surface area contributed by atoms with Crippen molar-refractivity contribution in [3.05, 3.63) is 65.4 Å². The topological polar surface area (TPSA) is 74.9 Å². The molecule has 2 aromatic rings. The Hall–Kier alpha value is -3.59. The van der Waals surface area contributed by atoms with E-state index < -0.39 is 5.97 Å². The maximum atomic E-state index is 12.2. The molecule has 0 aliphatic carbocycles. The molecule has 0 atom stereocenters. The van der Waals surface area contributed by atoms with E-state index >= 15 is 0 Å². The highest BCUT2D eigenvalue weighted by molar-refractivity contribution is 6.13. The van der Waals surface area contributed by atoms with Crippen LogP contribution in [-0.2, 0) is 9.53 Å². The third-order valence-corrected chi connectivity index (χ3v) is 4.23. The number of cyclic esters (lactones) is 1. The van der Waals surface area contributed by atoms with Gasteiger partial charge in [-0.25, -0.2) is 9.79 Å². The van der Waals surface area contributed by atoms with Crippen molar-refractivity contribution in [2.45, 2.75) is 13.3 Å². The first-order chi connectivity index (χ1) is 13.6. The van der Waals surface area contributed by atoms with Gasteiger partial charge in [-0.2, -0.15) is 5.26 Å². The predicted molar refractivity (Wildman–Crippen MR) is 108 cm³/mol. The molecular weight excluding hydrogens is 354 g/mol. The fraction of sp³-hybridized carbons (Fsp3) is 0.227. The predicted octanol–water partition coefficient (Wildman–Crippen LogP) is 3.78. The highest BCUT2D eigenvalue weighted by atomic mass is 16.6. The molecule has 2 aromatic carbocycles. The van der Waals surface area contributed by atoms with Gasteiger partial charge in [0.1, 0.15) is 5.75 Å². The van der Waals surface area contributed by atoms with Crippen LogP contribution in [0.1, 0.15) is 24.5 Å². The molecule has 1 heterocycles. The molecule has 28 heavy (non-hydrogen) atoms. The second-order valence-corrected chi connectivity index (χ2v) is 6.19. The van der Waals surface area contributed by atoms with Crippen LogP contribution in [0.5, 0.6) is 5.75 Å². The van der Waals surface area contributed by atoms with E-state index in [-0.39, 0.29) is 11.6 Å². The zero-order valence-electron chi connectivity index (χ0n) is 15.9. The van der Waals surface area contributed by atoms with Gasteiger partial charge < -0.3 is 14.4 Å². The Morgan fingerprint density at radius 2 is 1.96 bits per heavy atom. The summed E-state index contributed by atoms with van der Waals surface area (Å²) < 4.78 is 10.9. The van der Waals surface area contributed by atoms with E-state index in [9.17, 15) is 4.79 Å². The van der Waals surface area contributed by atoms with Gasteiger partial charge in [0.2, 0.25) is 5.90 Å². The lowest BCUT2D eigenvalue weighted by Gasteiger charge is -2.17. The molecule has 6 heteroatoms. The van der Waals surface area contributed by atoms with Crippen molar-refractivity contribution < 1.29 is 14.3 Å². The summed E-state index contributed by atoms with van der Waals surface area (Å²) in [5.41, 5.74) is 2.73. The molecule has 3 rings (SSSR count). The Morgan fingerprint density at radius 1 is 1.21 bits per heavy atom. The summed E-state index contributed by atoms with van der Waals surface area (Å²) in [5, 5.41) is 8.69. The molecule has 0 radical (unpaired) electrons. The van der Waals surface area contributed by atoms with E-state index in [1.807, 2.05) is 67.4 Å². The molecular formula is C22H21N3O3. The third kappa shape index (κ3) is 4.38. The zero-order valence-corrected chi connectivity index (χ0v) is 15.9. The Bertz CT molecular complexity index is 956. The molecule has 0 unspecified atom stereocenters. The van der Waals surface area contributed by atoms with Gasteiger partial charge in [-0.05, 0) is 42.8 Å². The molecule has 0 saturated heterocycles. The number of hydrogen-bond donors (Lipinski definition) is 0. The Labute approximate surface area is 164 Å². The number of hydrogen-bond acceptors (Lipinski definition) is 6. The molecule has 0 amide bonds. The minimum Gasteiger partial charge on any atom is -0.493 e. The number of para-hydroxylation sites is 1. The van der Waals surface area contributed by atoms with Crippen molar-refractivity contribution in [1.29, 1.82) is 5.26 Å². The summed E-state index contributed by atoms with van der Waals surface area (Å²) >= 11 is 0. The van der Waals surface area contributed by atoms with Gasteiger partial charge >= 0.3 is 5.97 Å². The van der Waals surface area contributed by atoms with E-state index in [4.69, 9.17) is 14.7 Å². The van der Waals surface area contributed by atoms with Gasteiger partial charge in [0.15, 0.2) is 5.70 Å². The first kappa shape index (κ1) is 19.2. The van der Waals surface area contributed by atoms with Crippen LogP contribution >= 0.6 is 0 Å². The van der Waals surface area contributed by atoms with Crippen LogP contribution in [-0.4, -0.2) is 32.1 Å². The van der Waals surface area contributed by atoms with Crippen LogP contribution in [0.25, 0.3) is 6.08 Å². The number of carbonyl (C=O) groups is 1. The number of rotatable bonds is 7. The Morgan fingerprint density at radius 3 is 2.68 bits per heavy atom. The van der Waals surface area contributed by atoms with Crippen molar-refractivity contribution in [3.63, 3.8) is 0 Å². The highest BCUT2D eigenvalue weighted by Crippen LogP contribution is 2.25. The van der Waals surface area contributed by atoms with Crippen molar-refractivity contribution in [1.82, 2.24) is 0 Å². The van der Waals surface area contributed by atoms with Crippen LogP contribution < -0.4 is 9.64 Å². The molecule has 1 aliphatic heterocycles. The van der Waals surface area contributed by atoms with Crippen molar-refractivity contribution in [2.75, 3.05) is 25.1 Å². The zero-order chi connectivity index (χ0) is 19.9. The summed E-state index contributed by atoms with van der Waals surface area (Å²) in [7, 11) is 1.94. The second kappa shape index (κ2) is 8.87. The maximum Gasteiger partial charge on any atom is 0.363 e. The van der Waals surface area contributed by atoms with E-state index in [0.29, 0.717) is 30.9 Å². The molecule has 6 nitrogen and oxygen atoms in total. The molecule has 142 valence electrons. The average molecular weight is 375 g/mol. The molecule has 0 fully saturated rings. The lowest BCUT2D eigenvalue weighted by molar-refractivity contribution is -0.129. The fourth-order valence-corrected chi connectivity index (χ4v) is 2.78. The lowest BCUT2D eigenvalue weighted by atomic mass is 10.1. The summed E-state index contributed by atoms with van der Waals surface area (Å²) in [6, 6.07) is 17.2. The highest BCUT2D eigenvalue weighted by Gasteiger charge is 2.26. The fourth-order valence-electron chi connectivity index (χ4n) is 2.78. The molecule has 0 spiro atoms. The van der Waals surface area contributed by atoms with E-state index in [0.717, 1.165) is 11.3 Å². The maximum absolute atomic E-state index is 12.2. The summed E-state index contributed by atoms with van der Waals surface area (Å²) in [6.45, 7) is 3.07. The van der Waals surface area contributed by atoms with Gasteiger partial charge in [0.05, 0.1) is 24.7 Å². The van der Waals surface area contributed by atoms with Crippen LogP contribution in [0.3, 0.4) is 0 Å². The quantitative estimate of drug-likeness (QED) is 0.544. The monoisotopic (exact) mass is 375 g/mol. The van der Waals surface area contributed by atoms with Crippen LogP contribution in [0.15, 0.2) is 59.2 Å². The first-order valence-electron chi connectivity index (χ1n) is 9.05. The molecule has 0 saturated carbocycles. The number of carbonyl (C=O) groups excluding carboxylic acids is 1. The van der Waals surface area contributed by atoms with Crippen molar-refractivity contribution in [2.24, 2.45) is 4.99 Å². The first-order valence-corrected chi connectivity index (χ1v) is 9.05. The number of ether oxygens (including phenoxy) is 2. The molecule has 0 bridgehead atoms. The van der Waals surface area contributed by atoms with E-state index in [2.05, 4.69) is 11.1 Å². The second-order valence-electron chi connectivity index (χ2n) is 6.19. The lowest BCUT2D eigenvalue weighted by Crippen LogP contribution is -2.17. The molecule has 0 aromatic heterocycles. The van der Waals surface area contributed by atoms with Crippen LogP contribution in [0.2, 0.25) is 0 Å². The van der Waals surface area contributed by atoms with Gasteiger partial charge in [-0.3, -0.25) is 0 Å². The average Bonchev–Trinajstić information content (AvgIpc) is 3.07.